The van der Waals surface area contributed by atoms with Gasteiger partial charge in [-0.3, -0.25) is 4.99 Å². The average Bonchev–Trinajstić information content (AvgIpc) is 1.80. The highest BCUT2D eigenvalue weighted by atomic mass is 15.0. The number of aliphatic imine (C=N–C) groups is 1. The van der Waals surface area contributed by atoms with E-state index in [-0.39, 0.29) is 0 Å². The fourth-order valence-corrected chi connectivity index (χ4v) is 0.377. The van der Waals surface area contributed by atoms with Gasteiger partial charge in [-0.1, -0.05) is 0 Å². The first kappa shape index (κ1) is 8.21. The molecule has 0 rings (SSSR count). The summed E-state index contributed by atoms with van der Waals surface area (Å²) in [6.07, 6.45) is 5.68. The summed E-state index contributed by atoms with van der Waals surface area (Å²) in [7, 11) is 3.96. The Hall–Kier alpha value is -0.790. The Bertz CT molecular complexity index is 103. The van der Waals surface area contributed by atoms with Crippen LogP contribution in [0.4, 0.5) is 0 Å². The van der Waals surface area contributed by atoms with Gasteiger partial charge in [0.15, 0.2) is 0 Å². The van der Waals surface area contributed by atoms with Gasteiger partial charge in [0.1, 0.15) is 0 Å². The molecule has 0 saturated carbocycles. The SMILES string of the molecule is CC/N=C\C=C/N(C)C. The summed E-state index contributed by atoms with van der Waals surface area (Å²) < 4.78 is 0. The number of nitrogens with zero attached hydrogens (tertiary/aromatic N) is 2. The van der Waals surface area contributed by atoms with E-state index < -0.39 is 0 Å². The molecule has 0 aromatic heterocycles. The van der Waals surface area contributed by atoms with Crippen LogP contribution >= 0.6 is 0 Å². The molecule has 0 unspecified atom stereocenters. The zero-order chi connectivity index (χ0) is 7.11. The van der Waals surface area contributed by atoms with Crippen molar-refractivity contribution in [3.05, 3.63) is 12.3 Å². The van der Waals surface area contributed by atoms with Crippen LogP contribution in [0.5, 0.6) is 0 Å². The summed E-state index contributed by atoms with van der Waals surface area (Å²) in [5.41, 5.74) is 0. The summed E-state index contributed by atoms with van der Waals surface area (Å²) in [4.78, 5) is 5.98. The smallest absolute Gasteiger partial charge is 0.0360 e. The highest BCUT2D eigenvalue weighted by Crippen LogP contribution is 1.74. The molecule has 0 fully saturated rings. The van der Waals surface area contributed by atoms with E-state index in [1.54, 1.807) is 6.21 Å². The lowest BCUT2D eigenvalue weighted by Crippen LogP contribution is -1.99. The third-order valence-electron chi connectivity index (χ3n) is 0.758. The van der Waals surface area contributed by atoms with E-state index in [4.69, 9.17) is 0 Å². The molecule has 52 valence electrons. The van der Waals surface area contributed by atoms with Crippen LogP contribution in [0.3, 0.4) is 0 Å². The summed E-state index contributed by atoms with van der Waals surface area (Å²) in [5.74, 6) is 0. The van der Waals surface area contributed by atoms with Gasteiger partial charge in [0, 0.05) is 33.1 Å². The molecule has 0 spiro atoms. The van der Waals surface area contributed by atoms with Crippen molar-refractivity contribution >= 4 is 6.21 Å². The lowest BCUT2D eigenvalue weighted by Gasteiger charge is -2.00. The number of hydrogen-bond acceptors (Lipinski definition) is 2. The zero-order valence-corrected chi connectivity index (χ0v) is 6.33. The van der Waals surface area contributed by atoms with Gasteiger partial charge in [0.2, 0.25) is 0 Å². The Morgan fingerprint density at radius 3 is 2.56 bits per heavy atom. The fraction of sp³-hybridized carbons (Fsp3) is 0.571. The number of hydrogen-bond donors (Lipinski definition) is 0. The average molecular weight is 126 g/mol. The molecule has 2 heteroatoms. The van der Waals surface area contributed by atoms with E-state index in [1.165, 1.54) is 0 Å². The van der Waals surface area contributed by atoms with Gasteiger partial charge in [-0.2, -0.15) is 0 Å². The first-order valence-corrected chi connectivity index (χ1v) is 3.10. The molecule has 2 nitrogen and oxygen atoms in total. The van der Waals surface area contributed by atoms with Crippen molar-refractivity contribution in [2.24, 2.45) is 4.99 Å². The molecule has 0 heterocycles. The van der Waals surface area contributed by atoms with Crippen LogP contribution < -0.4 is 0 Å². The second-order valence-corrected chi connectivity index (χ2v) is 1.95. The van der Waals surface area contributed by atoms with E-state index in [9.17, 15) is 0 Å². The second-order valence-electron chi connectivity index (χ2n) is 1.95. The monoisotopic (exact) mass is 126 g/mol. The molecule has 0 amide bonds. The predicted octanol–water partition coefficient (Wildman–Crippen LogP) is 1.15. The van der Waals surface area contributed by atoms with Crippen LogP contribution in [0, 0.1) is 0 Å². The Morgan fingerprint density at radius 1 is 1.44 bits per heavy atom. The van der Waals surface area contributed by atoms with Gasteiger partial charge in [-0.15, -0.1) is 0 Å². The number of rotatable bonds is 3. The number of allylic oxidation sites excluding steroid dienone is 1. The Morgan fingerprint density at radius 2 is 2.11 bits per heavy atom. The highest BCUT2D eigenvalue weighted by molar-refractivity contribution is 5.70. The summed E-state index contributed by atoms with van der Waals surface area (Å²) >= 11 is 0. The molecule has 0 aliphatic heterocycles. The van der Waals surface area contributed by atoms with Gasteiger partial charge in [-0.25, -0.2) is 0 Å². The fourth-order valence-electron chi connectivity index (χ4n) is 0.377. The predicted molar refractivity (Wildman–Crippen MR) is 41.9 cm³/mol. The van der Waals surface area contributed by atoms with Crippen LogP contribution in [0.1, 0.15) is 6.92 Å². The van der Waals surface area contributed by atoms with Crippen LogP contribution in [0.2, 0.25) is 0 Å². The van der Waals surface area contributed by atoms with Gasteiger partial charge in [-0.05, 0) is 13.0 Å². The van der Waals surface area contributed by atoms with Gasteiger partial charge in [0.05, 0.1) is 0 Å². The molecule has 0 aromatic carbocycles. The Labute approximate surface area is 56.9 Å². The van der Waals surface area contributed by atoms with Crippen molar-refractivity contribution in [1.82, 2.24) is 4.90 Å². The van der Waals surface area contributed by atoms with E-state index in [0.29, 0.717) is 0 Å². The Balaban J connectivity index is 3.35. The molecule has 0 aromatic rings. The third-order valence-corrected chi connectivity index (χ3v) is 0.758. The lowest BCUT2D eigenvalue weighted by atomic mass is 10.6. The maximum atomic E-state index is 4.01. The van der Waals surface area contributed by atoms with Crippen molar-refractivity contribution < 1.29 is 0 Å². The normalized spacial score (nSPS) is 11.4. The van der Waals surface area contributed by atoms with E-state index >= 15 is 0 Å². The van der Waals surface area contributed by atoms with Crippen molar-refractivity contribution in [2.75, 3.05) is 20.6 Å². The van der Waals surface area contributed by atoms with Crippen LogP contribution in [-0.4, -0.2) is 31.8 Å². The molecule has 9 heavy (non-hydrogen) atoms. The molecular weight excluding hydrogens is 112 g/mol. The quantitative estimate of drug-likeness (QED) is 0.518. The minimum atomic E-state index is 0.859. The molecule has 0 bridgehead atoms. The molecule has 0 saturated heterocycles. The van der Waals surface area contributed by atoms with Crippen molar-refractivity contribution in [3.63, 3.8) is 0 Å². The van der Waals surface area contributed by atoms with Crippen molar-refractivity contribution in [3.8, 4) is 0 Å². The van der Waals surface area contributed by atoms with E-state index in [2.05, 4.69) is 4.99 Å². The minimum Gasteiger partial charge on any atom is -0.383 e. The van der Waals surface area contributed by atoms with Gasteiger partial charge in [0.25, 0.3) is 0 Å². The zero-order valence-electron chi connectivity index (χ0n) is 6.33. The summed E-state index contributed by atoms with van der Waals surface area (Å²) in [6, 6.07) is 0. The van der Waals surface area contributed by atoms with Crippen LogP contribution in [-0.2, 0) is 0 Å². The summed E-state index contributed by atoms with van der Waals surface area (Å²) in [5, 5.41) is 0. The lowest BCUT2D eigenvalue weighted by molar-refractivity contribution is 0.564. The molecule has 0 radical (unpaired) electrons. The second kappa shape index (κ2) is 5.35. The van der Waals surface area contributed by atoms with Gasteiger partial charge >= 0.3 is 0 Å². The standard InChI is InChI=1S/C7H14N2/c1-4-8-6-5-7-9(2)3/h5-7H,4H2,1-3H3/b7-5-,8-6-. The third kappa shape index (κ3) is 7.21. The van der Waals surface area contributed by atoms with Gasteiger partial charge < -0.3 is 4.90 Å². The minimum absolute atomic E-state index is 0.859. The van der Waals surface area contributed by atoms with Crippen LogP contribution in [0.25, 0.3) is 0 Å². The Kier molecular flexibility index (Phi) is 4.88. The maximum absolute atomic E-state index is 4.01. The first-order chi connectivity index (χ1) is 4.27. The van der Waals surface area contributed by atoms with Crippen LogP contribution in [0.15, 0.2) is 17.3 Å². The molecular formula is C7H14N2. The van der Waals surface area contributed by atoms with E-state index in [0.717, 1.165) is 6.54 Å². The molecule has 0 atom stereocenters. The van der Waals surface area contributed by atoms with Crippen molar-refractivity contribution in [2.45, 2.75) is 6.92 Å². The molecule has 0 aliphatic carbocycles. The topological polar surface area (TPSA) is 15.6 Å². The first-order valence-electron chi connectivity index (χ1n) is 3.10. The highest BCUT2D eigenvalue weighted by Gasteiger charge is 1.70. The van der Waals surface area contributed by atoms with Crippen molar-refractivity contribution in [1.29, 1.82) is 0 Å². The maximum Gasteiger partial charge on any atom is 0.0360 e. The van der Waals surface area contributed by atoms with E-state index in [1.807, 2.05) is 38.2 Å². The largest absolute Gasteiger partial charge is 0.383 e. The summed E-state index contributed by atoms with van der Waals surface area (Å²) in [6.45, 7) is 2.87. The molecule has 0 aliphatic rings. The molecule has 0 N–H and O–H groups in total.